The fourth-order valence-electron chi connectivity index (χ4n) is 0.992. The molecular weight excluding hydrogens is 152 g/mol. The van der Waals surface area contributed by atoms with Gasteiger partial charge in [-0.05, 0) is 12.8 Å². The number of anilines is 2. The van der Waals surface area contributed by atoms with Gasteiger partial charge in [-0.2, -0.15) is 5.10 Å². The highest BCUT2D eigenvalue weighted by Crippen LogP contribution is 2.22. The maximum absolute atomic E-state index is 5.72. The summed E-state index contributed by atoms with van der Waals surface area (Å²) < 4.78 is 1.76. The topological polar surface area (TPSA) is 69.9 Å². The van der Waals surface area contributed by atoms with Gasteiger partial charge in [-0.15, -0.1) is 0 Å². The lowest BCUT2D eigenvalue weighted by molar-refractivity contribution is 0.380. The molecule has 0 spiro atoms. The van der Waals surface area contributed by atoms with Crippen LogP contribution in [0.2, 0.25) is 0 Å². The normalized spacial score (nSPS) is 13.7. The van der Waals surface area contributed by atoms with Gasteiger partial charge in [-0.1, -0.05) is 13.8 Å². The molecule has 0 saturated carbocycles. The zero-order chi connectivity index (χ0) is 9.30. The minimum atomic E-state index is 0.294. The number of hydrogen-bond donors (Lipinski definition) is 2. The van der Waals surface area contributed by atoms with Gasteiger partial charge in [-0.25, -0.2) is 4.68 Å². The number of hydrogen-bond acceptors (Lipinski definition) is 3. The molecule has 0 radical (unpaired) electrons. The largest absolute Gasteiger partial charge is 0.394 e. The number of nitrogens with zero attached hydrogens (tertiary/aromatic N) is 2. The van der Waals surface area contributed by atoms with E-state index in [4.69, 9.17) is 11.5 Å². The molecule has 0 fully saturated rings. The molecule has 0 aliphatic carbocycles. The van der Waals surface area contributed by atoms with E-state index in [0.717, 1.165) is 0 Å². The van der Waals surface area contributed by atoms with Crippen LogP contribution in [0.5, 0.6) is 0 Å². The van der Waals surface area contributed by atoms with Gasteiger partial charge in [0.15, 0.2) is 0 Å². The van der Waals surface area contributed by atoms with Crippen molar-refractivity contribution < 1.29 is 0 Å². The molecule has 4 N–H and O–H groups in total. The third kappa shape index (κ3) is 1.37. The van der Waals surface area contributed by atoms with Crippen LogP contribution >= 0.6 is 0 Å². The van der Waals surface area contributed by atoms with E-state index in [-0.39, 0.29) is 0 Å². The van der Waals surface area contributed by atoms with Crippen LogP contribution in [0.25, 0.3) is 0 Å². The Labute approximate surface area is 72.5 Å². The van der Waals surface area contributed by atoms with Crippen LogP contribution < -0.4 is 11.5 Å². The van der Waals surface area contributed by atoms with Crippen molar-refractivity contribution in [2.24, 2.45) is 5.92 Å². The highest BCUT2D eigenvalue weighted by molar-refractivity contribution is 5.57. The van der Waals surface area contributed by atoms with E-state index in [9.17, 15) is 0 Å². The van der Waals surface area contributed by atoms with E-state index in [2.05, 4.69) is 25.9 Å². The molecule has 0 amide bonds. The molecule has 0 aliphatic rings. The predicted octanol–water partition coefficient (Wildman–Crippen LogP) is 1.26. The van der Waals surface area contributed by atoms with Gasteiger partial charge >= 0.3 is 0 Å². The lowest BCUT2D eigenvalue weighted by Crippen LogP contribution is -2.15. The molecule has 0 aliphatic heterocycles. The van der Waals surface area contributed by atoms with Crippen molar-refractivity contribution in [2.75, 3.05) is 11.5 Å². The van der Waals surface area contributed by atoms with Crippen LogP contribution in [0.4, 0.5) is 11.5 Å². The molecule has 4 nitrogen and oxygen atoms in total. The first-order chi connectivity index (χ1) is 5.54. The number of rotatable bonds is 2. The fraction of sp³-hybridized carbons (Fsp3) is 0.625. The van der Waals surface area contributed by atoms with Crippen molar-refractivity contribution in [3.63, 3.8) is 0 Å². The Morgan fingerprint density at radius 3 is 2.25 bits per heavy atom. The average Bonchev–Trinajstić information content (AvgIpc) is 2.32. The fourth-order valence-corrected chi connectivity index (χ4v) is 0.992. The second-order valence-corrected chi connectivity index (χ2v) is 3.41. The van der Waals surface area contributed by atoms with Crippen LogP contribution in [0.15, 0.2) is 6.20 Å². The third-order valence-corrected chi connectivity index (χ3v) is 2.21. The third-order valence-electron chi connectivity index (χ3n) is 2.21. The molecule has 68 valence electrons. The van der Waals surface area contributed by atoms with E-state index in [1.807, 2.05) is 0 Å². The maximum atomic E-state index is 5.72. The molecule has 0 bridgehead atoms. The molecule has 1 aromatic heterocycles. The van der Waals surface area contributed by atoms with Crippen molar-refractivity contribution in [3.05, 3.63) is 6.20 Å². The lowest BCUT2D eigenvalue weighted by atomic mass is 10.1. The highest BCUT2D eigenvalue weighted by Gasteiger charge is 2.13. The Morgan fingerprint density at radius 2 is 1.92 bits per heavy atom. The van der Waals surface area contributed by atoms with Crippen molar-refractivity contribution in [1.29, 1.82) is 0 Å². The second kappa shape index (κ2) is 3.05. The van der Waals surface area contributed by atoms with Crippen LogP contribution in [-0.2, 0) is 0 Å². The van der Waals surface area contributed by atoms with Crippen molar-refractivity contribution in [3.8, 4) is 0 Å². The summed E-state index contributed by atoms with van der Waals surface area (Å²) in [4.78, 5) is 0. The number of nitrogens with two attached hydrogens (primary N) is 2. The van der Waals surface area contributed by atoms with Gasteiger partial charge in [-0.3, -0.25) is 0 Å². The minimum absolute atomic E-state index is 0.294. The second-order valence-electron chi connectivity index (χ2n) is 3.41. The van der Waals surface area contributed by atoms with Gasteiger partial charge in [0.1, 0.15) is 5.82 Å². The molecule has 1 rings (SSSR count). The summed E-state index contributed by atoms with van der Waals surface area (Å²) in [6, 6.07) is 0.294. The Bertz CT molecular complexity index is 264. The van der Waals surface area contributed by atoms with E-state index in [0.29, 0.717) is 23.5 Å². The standard InChI is InChI=1S/C8H16N4/c1-5(2)6(3)12-8(10)7(9)4-11-12/h4-6H,9-10H2,1-3H3. The van der Waals surface area contributed by atoms with E-state index >= 15 is 0 Å². The Balaban J connectivity index is 2.95. The molecule has 0 aromatic carbocycles. The highest BCUT2D eigenvalue weighted by atomic mass is 15.3. The SMILES string of the molecule is CC(C)C(C)n1ncc(N)c1N. The first-order valence-electron chi connectivity index (χ1n) is 4.12. The monoisotopic (exact) mass is 168 g/mol. The van der Waals surface area contributed by atoms with E-state index < -0.39 is 0 Å². The molecule has 1 aromatic rings. The molecule has 0 saturated heterocycles. The van der Waals surface area contributed by atoms with Gasteiger partial charge in [0.2, 0.25) is 0 Å². The van der Waals surface area contributed by atoms with Crippen LogP contribution in [0, 0.1) is 5.92 Å². The molecule has 4 heteroatoms. The van der Waals surface area contributed by atoms with Gasteiger partial charge in [0.25, 0.3) is 0 Å². The van der Waals surface area contributed by atoms with Gasteiger partial charge in [0, 0.05) is 0 Å². The van der Waals surface area contributed by atoms with Crippen molar-refractivity contribution >= 4 is 11.5 Å². The summed E-state index contributed by atoms with van der Waals surface area (Å²) in [7, 11) is 0. The zero-order valence-electron chi connectivity index (χ0n) is 7.78. The summed E-state index contributed by atoms with van der Waals surface area (Å²) in [5.74, 6) is 1.07. The lowest BCUT2D eigenvalue weighted by Gasteiger charge is -2.17. The van der Waals surface area contributed by atoms with Crippen molar-refractivity contribution in [1.82, 2.24) is 9.78 Å². The summed E-state index contributed by atoms with van der Waals surface area (Å²) in [5.41, 5.74) is 11.8. The molecular formula is C8H16N4. The number of aromatic nitrogens is 2. The van der Waals surface area contributed by atoms with Crippen LogP contribution in [-0.4, -0.2) is 9.78 Å². The Hall–Kier alpha value is -1.19. The van der Waals surface area contributed by atoms with E-state index in [1.54, 1.807) is 10.9 Å². The van der Waals surface area contributed by atoms with E-state index in [1.165, 1.54) is 0 Å². The Kier molecular flexibility index (Phi) is 2.26. The van der Waals surface area contributed by atoms with Crippen LogP contribution in [0.3, 0.4) is 0 Å². The van der Waals surface area contributed by atoms with Gasteiger partial charge in [0.05, 0.1) is 17.9 Å². The number of nitrogen functional groups attached to an aromatic ring is 2. The molecule has 12 heavy (non-hydrogen) atoms. The predicted molar refractivity (Wildman–Crippen MR) is 50.6 cm³/mol. The van der Waals surface area contributed by atoms with Crippen LogP contribution in [0.1, 0.15) is 26.8 Å². The maximum Gasteiger partial charge on any atom is 0.145 e. The Morgan fingerprint density at radius 1 is 1.33 bits per heavy atom. The smallest absolute Gasteiger partial charge is 0.145 e. The first kappa shape index (κ1) is 8.90. The van der Waals surface area contributed by atoms with Gasteiger partial charge < -0.3 is 11.5 Å². The first-order valence-corrected chi connectivity index (χ1v) is 4.12. The zero-order valence-corrected chi connectivity index (χ0v) is 7.78. The molecule has 1 unspecified atom stereocenters. The van der Waals surface area contributed by atoms with Crippen molar-refractivity contribution in [2.45, 2.75) is 26.8 Å². The molecule has 1 atom stereocenters. The quantitative estimate of drug-likeness (QED) is 0.698. The summed E-state index contributed by atoms with van der Waals surface area (Å²) in [6.07, 6.45) is 1.59. The summed E-state index contributed by atoms with van der Waals surface area (Å²) in [6.45, 7) is 6.33. The summed E-state index contributed by atoms with van der Waals surface area (Å²) >= 11 is 0. The average molecular weight is 168 g/mol. The minimum Gasteiger partial charge on any atom is -0.394 e. The summed E-state index contributed by atoms with van der Waals surface area (Å²) in [5, 5.41) is 4.10. The molecule has 1 heterocycles.